The van der Waals surface area contributed by atoms with E-state index in [2.05, 4.69) is 20.3 Å². The molecule has 2 aliphatic rings. The van der Waals surface area contributed by atoms with Gasteiger partial charge in [-0.1, -0.05) is 30.3 Å². The molecule has 1 saturated heterocycles. The monoisotopic (exact) mass is 444 g/mol. The van der Waals surface area contributed by atoms with Crippen LogP contribution >= 0.6 is 0 Å². The van der Waals surface area contributed by atoms with Crippen LogP contribution in [-0.4, -0.2) is 47.3 Å². The van der Waals surface area contributed by atoms with Crippen LogP contribution in [0, 0.1) is 5.82 Å². The fourth-order valence-corrected chi connectivity index (χ4v) is 4.16. The van der Waals surface area contributed by atoms with Crippen molar-refractivity contribution in [1.82, 2.24) is 15.2 Å². The summed E-state index contributed by atoms with van der Waals surface area (Å²) >= 11 is 0. The number of rotatable bonds is 3. The van der Waals surface area contributed by atoms with Crippen LogP contribution in [-0.2, 0) is 9.53 Å². The predicted molar refractivity (Wildman–Crippen MR) is 123 cm³/mol. The second-order valence-corrected chi connectivity index (χ2v) is 7.73. The predicted octanol–water partition coefficient (Wildman–Crippen LogP) is 2.80. The quantitative estimate of drug-likeness (QED) is 0.279. The molecule has 0 bridgehead atoms. The maximum atomic E-state index is 14.5. The van der Waals surface area contributed by atoms with Crippen molar-refractivity contribution in [2.24, 2.45) is 15.7 Å². The van der Waals surface area contributed by atoms with Crippen LogP contribution in [0.3, 0.4) is 0 Å². The molecule has 1 aromatic heterocycles. The van der Waals surface area contributed by atoms with Crippen molar-refractivity contribution in [3.8, 4) is 0 Å². The first-order valence-corrected chi connectivity index (χ1v) is 10.5. The Morgan fingerprint density at radius 3 is 2.73 bits per heavy atom. The smallest absolute Gasteiger partial charge is 0.363 e. The number of pyridine rings is 1. The molecule has 2 unspecified atom stereocenters. The lowest BCUT2D eigenvalue weighted by molar-refractivity contribution is -0.129. The highest BCUT2D eigenvalue weighted by Crippen LogP contribution is 2.32. The number of carbonyl (C=O) groups excluding carboxylic acids is 1. The van der Waals surface area contributed by atoms with Gasteiger partial charge < -0.3 is 20.7 Å². The van der Waals surface area contributed by atoms with E-state index in [0.29, 0.717) is 30.1 Å². The highest BCUT2D eigenvalue weighted by molar-refractivity contribution is 5.98. The number of aliphatic imine (C=N–C) groups is 2. The fraction of sp³-hybridized carbons (Fsp3) is 0.167. The molecule has 2 aliphatic heterocycles. The number of aromatic nitrogens is 1. The number of nitrogens with zero attached hydrogens (tertiary/aromatic N) is 4. The summed E-state index contributed by atoms with van der Waals surface area (Å²) in [6.45, 7) is 0.915. The van der Waals surface area contributed by atoms with Crippen molar-refractivity contribution in [1.29, 1.82) is 0 Å². The van der Waals surface area contributed by atoms with E-state index in [4.69, 9.17) is 10.5 Å². The Hall–Kier alpha value is -4.11. The third-order valence-corrected chi connectivity index (χ3v) is 5.73. The average Bonchev–Trinajstić information content (AvgIpc) is 3.24. The van der Waals surface area contributed by atoms with Gasteiger partial charge in [-0.2, -0.15) is 0 Å². The highest BCUT2D eigenvalue weighted by atomic mass is 19.1. The zero-order valence-corrected chi connectivity index (χ0v) is 17.6. The largest absolute Gasteiger partial charge is 0.410 e. The summed E-state index contributed by atoms with van der Waals surface area (Å²) in [6, 6.07) is 13.7. The summed E-state index contributed by atoms with van der Waals surface area (Å²) in [7, 11) is 0. The van der Waals surface area contributed by atoms with Gasteiger partial charge in [0.2, 0.25) is 0 Å². The van der Waals surface area contributed by atoms with Crippen LogP contribution in [0.5, 0.6) is 0 Å². The van der Waals surface area contributed by atoms with E-state index in [-0.39, 0.29) is 23.6 Å². The van der Waals surface area contributed by atoms with E-state index < -0.39 is 5.97 Å². The first-order chi connectivity index (χ1) is 16.1. The summed E-state index contributed by atoms with van der Waals surface area (Å²) in [4.78, 5) is 26.3. The normalized spacial score (nSPS) is 22.2. The van der Waals surface area contributed by atoms with E-state index in [1.807, 2.05) is 23.1 Å². The van der Waals surface area contributed by atoms with E-state index in [0.717, 1.165) is 17.4 Å². The molecule has 1 fully saturated rings. The van der Waals surface area contributed by atoms with Gasteiger partial charge in [-0.05, 0) is 35.2 Å². The summed E-state index contributed by atoms with van der Waals surface area (Å²) in [5, 5.41) is 4.79. The van der Waals surface area contributed by atoms with Gasteiger partial charge in [0.1, 0.15) is 11.5 Å². The van der Waals surface area contributed by atoms with E-state index in [1.54, 1.807) is 42.7 Å². The molecular formula is C24H21FN6O2. The number of cyclic esters (lactones) is 1. The molecule has 9 heteroatoms. The van der Waals surface area contributed by atoms with Crippen molar-refractivity contribution in [2.75, 3.05) is 13.1 Å². The molecule has 0 amide bonds. The van der Waals surface area contributed by atoms with Crippen molar-refractivity contribution in [3.63, 3.8) is 0 Å². The van der Waals surface area contributed by atoms with Crippen LogP contribution < -0.4 is 11.1 Å². The number of benzene rings is 2. The van der Waals surface area contributed by atoms with E-state index in [1.165, 1.54) is 6.07 Å². The molecule has 0 saturated carbocycles. The number of carbonyl (C=O) groups is 1. The van der Waals surface area contributed by atoms with Crippen LogP contribution in [0.15, 0.2) is 82.7 Å². The van der Waals surface area contributed by atoms with Gasteiger partial charge in [0.25, 0.3) is 0 Å². The lowest BCUT2D eigenvalue weighted by atomic mass is 9.95. The molecule has 0 spiro atoms. The lowest BCUT2D eigenvalue weighted by Crippen LogP contribution is -2.55. The summed E-state index contributed by atoms with van der Waals surface area (Å²) < 4.78 is 19.2. The molecule has 166 valence electrons. The molecule has 2 atom stereocenters. The van der Waals surface area contributed by atoms with Gasteiger partial charge in [0.15, 0.2) is 12.4 Å². The van der Waals surface area contributed by atoms with Gasteiger partial charge >= 0.3 is 5.97 Å². The van der Waals surface area contributed by atoms with Gasteiger partial charge in [-0.15, -0.1) is 0 Å². The number of hydrogen-bond donors (Lipinski definition) is 2. The summed E-state index contributed by atoms with van der Waals surface area (Å²) in [5.41, 5.74) is 8.33. The zero-order chi connectivity index (χ0) is 22.8. The molecule has 0 radical (unpaired) electrons. The standard InChI is InChI=1S/C24H21FN6O2/c25-20-6-5-19(17-3-1-2-4-18(17)20)22-12-28-16(11-21-23(32)33-14-29-21)13-31(22)24(26)30-15-7-9-27-10-8-15/h1-11,14,16,22,28H,12-13H2,(H2,26,27,30)/b21-11-. The van der Waals surface area contributed by atoms with Crippen LogP contribution in [0.25, 0.3) is 10.8 Å². The highest BCUT2D eigenvalue weighted by Gasteiger charge is 2.32. The topological polar surface area (TPSA) is 105 Å². The Kier molecular flexibility index (Phi) is 5.54. The number of esters is 1. The second kappa shape index (κ2) is 8.79. The summed E-state index contributed by atoms with van der Waals surface area (Å²) in [6.07, 6.45) is 6.14. The zero-order valence-electron chi connectivity index (χ0n) is 17.6. The molecule has 2 aromatic carbocycles. The van der Waals surface area contributed by atoms with E-state index in [9.17, 15) is 9.18 Å². The minimum absolute atomic E-state index is 0.213. The van der Waals surface area contributed by atoms with Crippen molar-refractivity contribution in [3.05, 3.63) is 84.1 Å². The maximum Gasteiger partial charge on any atom is 0.363 e. The fourth-order valence-electron chi connectivity index (χ4n) is 4.16. The van der Waals surface area contributed by atoms with Crippen molar-refractivity contribution in [2.45, 2.75) is 12.1 Å². The van der Waals surface area contributed by atoms with Gasteiger partial charge in [-0.3, -0.25) is 4.98 Å². The van der Waals surface area contributed by atoms with Crippen molar-refractivity contribution < 1.29 is 13.9 Å². The molecule has 5 rings (SSSR count). The molecule has 33 heavy (non-hydrogen) atoms. The molecule has 3 aromatic rings. The Morgan fingerprint density at radius 2 is 1.97 bits per heavy atom. The second-order valence-electron chi connectivity index (χ2n) is 7.73. The Morgan fingerprint density at radius 1 is 1.18 bits per heavy atom. The lowest BCUT2D eigenvalue weighted by Gasteiger charge is -2.41. The number of fused-ring (bicyclic) bond motifs is 1. The number of hydrogen-bond acceptors (Lipinski definition) is 6. The number of piperazine rings is 1. The van der Waals surface area contributed by atoms with Crippen molar-refractivity contribution >= 4 is 34.8 Å². The Labute approximate surface area is 189 Å². The van der Waals surface area contributed by atoms with Gasteiger partial charge in [-0.25, -0.2) is 19.2 Å². The van der Waals surface area contributed by atoms with Gasteiger partial charge in [0.05, 0.1) is 11.7 Å². The Balaban J connectivity index is 1.54. The third kappa shape index (κ3) is 4.18. The van der Waals surface area contributed by atoms with Crippen LogP contribution in [0.1, 0.15) is 11.6 Å². The molecular weight excluding hydrogens is 423 g/mol. The number of nitrogens with one attached hydrogen (secondary N) is 1. The maximum absolute atomic E-state index is 14.5. The minimum Gasteiger partial charge on any atom is -0.410 e. The number of halogens is 1. The van der Waals surface area contributed by atoms with E-state index >= 15 is 0 Å². The summed E-state index contributed by atoms with van der Waals surface area (Å²) in [5.74, 6) is -0.459. The molecule has 3 heterocycles. The first kappa shape index (κ1) is 20.8. The Bertz CT molecular complexity index is 1290. The average molecular weight is 444 g/mol. The third-order valence-electron chi connectivity index (χ3n) is 5.73. The minimum atomic E-state index is -0.492. The number of guanidine groups is 1. The first-order valence-electron chi connectivity index (χ1n) is 10.5. The number of nitrogens with two attached hydrogens (primary N) is 1. The van der Waals surface area contributed by atoms with Gasteiger partial charge in [0, 0.05) is 36.9 Å². The molecule has 8 nitrogen and oxygen atoms in total. The van der Waals surface area contributed by atoms with Crippen LogP contribution in [0.2, 0.25) is 0 Å². The van der Waals surface area contributed by atoms with Crippen LogP contribution in [0.4, 0.5) is 10.1 Å². The molecule has 0 aliphatic carbocycles. The number of ether oxygens (including phenoxy) is 1. The molecule has 3 N–H and O–H groups in total. The SMILES string of the molecule is NC(=Nc1ccncc1)N1CC(/C=C2\N=COC2=O)NCC1c1ccc(F)c2ccccc12.